The van der Waals surface area contributed by atoms with E-state index in [9.17, 15) is 4.79 Å². The first-order valence-electron chi connectivity index (χ1n) is 7.63. The van der Waals surface area contributed by atoms with E-state index in [1.54, 1.807) is 16.2 Å². The summed E-state index contributed by atoms with van der Waals surface area (Å²) in [6.07, 6.45) is 0.727. The molecule has 1 amide bonds. The lowest BCUT2D eigenvalue weighted by atomic mass is 10.2. The number of ether oxygens (including phenoxy) is 1. The molecule has 1 N–H and O–H groups in total. The van der Waals surface area contributed by atoms with Crippen LogP contribution in [0.3, 0.4) is 0 Å². The Kier molecular flexibility index (Phi) is 4.00. The summed E-state index contributed by atoms with van der Waals surface area (Å²) in [5.74, 6) is 0. The summed E-state index contributed by atoms with van der Waals surface area (Å²) in [4.78, 5) is 13.9. The van der Waals surface area contributed by atoms with Crippen LogP contribution in [0.15, 0.2) is 29.6 Å². The van der Waals surface area contributed by atoms with Gasteiger partial charge in [-0.05, 0) is 50.8 Å². The number of carbonyl (C=O) groups is 1. The van der Waals surface area contributed by atoms with Gasteiger partial charge >= 0.3 is 6.09 Å². The predicted molar refractivity (Wildman–Crippen MR) is 91.7 cm³/mol. The molecule has 0 radical (unpaired) electrons. The standard InChI is InChI=1S/C17H22N2O2S/c1-17(2,3)21-16(20)19-9-7-12(11-19)18-14-5-4-6-15-13(14)8-10-22-15/h4-6,8,10,12,18H,7,9,11H2,1-3H3/t12-/m0/s1. The third kappa shape index (κ3) is 3.35. The summed E-state index contributed by atoms with van der Waals surface area (Å²) >= 11 is 1.75. The molecule has 1 atom stereocenters. The predicted octanol–water partition coefficient (Wildman–Crippen LogP) is 4.32. The van der Waals surface area contributed by atoms with Crippen molar-refractivity contribution in [3.05, 3.63) is 29.6 Å². The fraction of sp³-hybridized carbons (Fsp3) is 0.471. The second-order valence-electron chi connectivity index (χ2n) is 6.69. The molecule has 1 aromatic carbocycles. The number of hydrogen-bond acceptors (Lipinski definition) is 4. The fourth-order valence-electron chi connectivity index (χ4n) is 2.71. The van der Waals surface area contributed by atoms with Crippen molar-refractivity contribution in [2.75, 3.05) is 18.4 Å². The number of nitrogens with one attached hydrogen (secondary N) is 1. The molecule has 0 bridgehead atoms. The Hall–Kier alpha value is -1.75. The van der Waals surface area contributed by atoms with Crippen molar-refractivity contribution in [1.29, 1.82) is 0 Å². The van der Waals surface area contributed by atoms with Crippen LogP contribution in [0, 0.1) is 0 Å². The molecule has 1 aromatic heterocycles. The van der Waals surface area contributed by atoms with Gasteiger partial charge in [-0.15, -0.1) is 11.3 Å². The van der Waals surface area contributed by atoms with Crippen molar-refractivity contribution < 1.29 is 9.53 Å². The first-order valence-corrected chi connectivity index (χ1v) is 8.51. The molecule has 5 heteroatoms. The first-order chi connectivity index (χ1) is 10.4. The molecule has 2 aromatic rings. The van der Waals surface area contributed by atoms with Gasteiger partial charge in [0.25, 0.3) is 0 Å². The quantitative estimate of drug-likeness (QED) is 0.896. The smallest absolute Gasteiger partial charge is 0.410 e. The minimum absolute atomic E-state index is 0.217. The molecule has 22 heavy (non-hydrogen) atoms. The van der Waals surface area contributed by atoms with E-state index in [1.165, 1.54) is 10.1 Å². The lowest BCUT2D eigenvalue weighted by molar-refractivity contribution is 0.0293. The first kappa shape index (κ1) is 15.2. The molecular formula is C17H22N2O2S. The highest BCUT2D eigenvalue weighted by atomic mass is 32.1. The Morgan fingerprint density at radius 3 is 2.95 bits per heavy atom. The Balaban J connectivity index is 1.64. The van der Waals surface area contributed by atoms with Crippen LogP contribution < -0.4 is 5.32 Å². The molecule has 0 unspecified atom stereocenters. The molecule has 0 saturated carbocycles. The number of fused-ring (bicyclic) bond motifs is 1. The van der Waals surface area contributed by atoms with Gasteiger partial charge in [0.15, 0.2) is 0 Å². The van der Waals surface area contributed by atoms with Gasteiger partial charge in [0.05, 0.1) is 0 Å². The number of amides is 1. The number of benzene rings is 1. The highest BCUT2D eigenvalue weighted by molar-refractivity contribution is 7.17. The Morgan fingerprint density at radius 2 is 2.18 bits per heavy atom. The summed E-state index contributed by atoms with van der Waals surface area (Å²) in [6, 6.07) is 8.72. The van der Waals surface area contributed by atoms with Gasteiger partial charge in [-0.3, -0.25) is 0 Å². The third-order valence-electron chi connectivity index (χ3n) is 3.70. The zero-order valence-electron chi connectivity index (χ0n) is 13.3. The maximum Gasteiger partial charge on any atom is 0.410 e. The van der Waals surface area contributed by atoms with E-state index < -0.39 is 5.60 Å². The van der Waals surface area contributed by atoms with E-state index in [2.05, 4.69) is 35.0 Å². The Labute approximate surface area is 135 Å². The lowest BCUT2D eigenvalue weighted by Crippen LogP contribution is -2.36. The second-order valence-corrected chi connectivity index (χ2v) is 7.64. The normalized spacial score (nSPS) is 18.7. The molecule has 2 heterocycles. The van der Waals surface area contributed by atoms with Crippen LogP contribution in [0.4, 0.5) is 10.5 Å². The van der Waals surface area contributed by atoms with E-state index in [4.69, 9.17) is 4.74 Å². The maximum absolute atomic E-state index is 12.1. The minimum Gasteiger partial charge on any atom is -0.444 e. The van der Waals surface area contributed by atoms with E-state index in [1.807, 2.05) is 20.8 Å². The monoisotopic (exact) mass is 318 g/mol. The average Bonchev–Trinajstić information content (AvgIpc) is 3.05. The zero-order valence-corrected chi connectivity index (χ0v) is 14.1. The summed E-state index contributed by atoms with van der Waals surface area (Å²) in [6.45, 7) is 7.12. The van der Waals surface area contributed by atoms with Crippen molar-refractivity contribution in [2.24, 2.45) is 0 Å². The Morgan fingerprint density at radius 1 is 1.36 bits per heavy atom. The highest BCUT2D eigenvalue weighted by Gasteiger charge is 2.29. The van der Waals surface area contributed by atoms with Gasteiger partial charge in [-0.1, -0.05) is 6.07 Å². The molecule has 1 aliphatic heterocycles. The van der Waals surface area contributed by atoms with Crippen LogP contribution in [0.25, 0.3) is 10.1 Å². The maximum atomic E-state index is 12.1. The van der Waals surface area contributed by atoms with Crippen molar-refractivity contribution in [3.8, 4) is 0 Å². The van der Waals surface area contributed by atoms with Crippen molar-refractivity contribution in [2.45, 2.75) is 38.8 Å². The highest BCUT2D eigenvalue weighted by Crippen LogP contribution is 2.29. The Bertz CT molecular complexity index is 675. The van der Waals surface area contributed by atoms with Crippen LogP contribution in [0.2, 0.25) is 0 Å². The van der Waals surface area contributed by atoms with E-state index in [0.717, 1.165) is 18.7 Å². The van der Waals surface area contributed by atoms with Gasteiger partial charge < -0.3 is 15.0 Å². The lowest BCUT2D eigenvalue weighted by Gasteiger charge is -2.24. The van der Waals surface area contributed by atoms with Gasteiger partial charge in [0.2, 0.25) is 0 Å². The van der Waals surface area contributed by atoms with Crippen LogP contribution in [-0.2, 0) is 4.74 Å². The van der Waals surface area contributed by atoms with Gasteiger partial charge in [0.1, 0.15) is 5.60 Å². The van der Waals surface area contributed by atoms with Crippen LogP contribution in [0.1, 0.15) is 27.2 Å². The summed E-state index contributed by atoms with van der Waals surface area (Å²) in [5, 5.41) is 6.94. The summed E-state index contributed by atoms with van der Waals surface area (Å²) in [5.41, 5.74) is 0.708. The van der Waals surface area contributed by atoms with Crippen molar-refractivity contribution in [1.82, 2.24) is 4.90 Å². The number of thiophene rings is 1. The number of nitrogens with zero attached hydrogens (tertiary/aromatic N) is 1. The van der Waals surface area contributed by atoms with Crippen molar-refractivity contribution >= 4 is 33.2 Å². The molecule has 1 fully saturated rings. The van der Waals surface area contributed by atoms with Gasteiger partial charge in [-0.2, -0.15) is 0 Å². The van der Waals surface area contributed by atoms with Crippen molar-refractivity contribution in [3.63, 3.8) is 0 Å². The number of rotatable bonds is 2. The minimum atomic E-state index is -0.440. The molecule has 0 aliphatic carbocycles. The average molecular weight is 318 g/mol. The SMILES string of the molecule is CC(C)(C)OC(=O)N1CC[C@H](Nc2cccc3sccc23)C1. The number of carbonyl (C=O) groups excluding carboxylic acids is 1. The number of anilines is 1. The van der Waals surface area contributed by atoms with E-state index >= 15 is 0 Å². The molecule has 118 valence electrons. The van der Waals surface area contributed by atoms with E-state index in [-0.39, 0.29) is 12.1 Å². The third-order valence-corrected chi connectivity index (χ3v) is 4.58. The molecule has 4 nitrogen and oxygen atoms in total. The van der Waals surface area contributed by atoms with Crippen LogP contribution >= 0.6 is 11.3 Å². The van der Waals surface area contributed by atoms with Gasteiger partial charge in [-0.25, -0.2) is 4.79 Å². The van der Waals surface area contributed by atoms with E-state index in [0.29, 0.717) is 6.54 Å². The molecule has 1 saturated heterocycles. The topological polar surface area (TPSA) is 41.6 Å². The molecular weight excluding hydrogens is 296 g/mol. The van der Waals surface area contributed by atoms with Gasteiger partial charge in [0, 0.05) is 34.9 Å². The fourth-order valence-corrected chi connectivity index (χ4v) is 3.52. The largest absolute Gasteiger partial charge is 0.444 e. The number of hydrogen-bond donors (Lipinski definition) is 1. The molecule has 3 rings (SSSR count). The molecule has 1 aliphatic rings. The van der Waals surface area contributed by atoms with Crippen LogP contribution in [0.5, 0.6) is 0 Å². The second kappa shape index (κ2) is 5.80. The van der Waals surface area contributed by atoms with Crippen LogP contribution in [-0.4, -0.2) is 35.7 Å². The zero-order chi connectivity index (χ0) is 15.7. The number of likely N-dealkylation sites (tertiary alicyclic amines) is 1. The summed E-state index contributed by atoms with van der Waals surface area (Å²) in [7, 11) is 0. The molecule has 0 spiro atoms. The summed E-state index contributed by atoms with van der Waals surface area (Å²) < 4.78 is 6.72.